The van der Waals surface area contributed by atoms with Crippen LogP contribution in [0.25, 0.3) is 0 Å². The molecule has 0 bridgehead atoms. The van der Waals surface area contributed by atoms with E-state index in [0.29, 0.717) is 6.54 Å². The monoisotopic (exact) mass is 455 g/mol. The Bertz CT molecular complexity index is 980. The lowest BCUT2D eigenvalue weighted by molar-refractivity contribution is -0.192. The standard InChI is InChI=1S/C18H19N3O2S.C2HF3O2/c1-12-4-8-24-15(12)17(23)21-7-5-18(11-21)9-14(18)16(22)20-13-3-2-6-19-10-13;3-2(4,5)1(6)7/h2-4,6,8,10,14H,5,7,9,11H2,1H3,(H,20,22);(H,6,7). The highest BCUT2D eigenvalue weighted by atomic mass is 32.1. The predicted molar refractivity (Wildman–Crippen MR) is 107 cm³/mol. The number of carbonyl (C=O) groups excluding carboxylic acids is 2. The van der Waals surface area contributed by atoms with Gasteiger partial charge in [0.15, 0.2) is 0 Å². The molecule has 1 aliphatic heterocycles. The van der Waals surface area contributed by atoms with E-state index in [9.17, 15) is 22.8 Å². The van der Waals surface area contributed by atoms with Gasteiger partial charge in [-0.2, -0.15) is 13.2 Å². The van der Waals surface area contributed by atoms with Gasteiger partial charge < -0.3 is 15.3 Å². The first-order chi connectivity index (χ1) is 14.5. The molecular formula is C20H20F3N3O4S. The first kappa shape index (κ1) is 22.7. The SMILES string of the molecule is Cc1ccsc1C(=O)N1CCC2(CC2C(=O)Nc2cccnc2)C1.O=C(O)C(F)(F)F. The van der Waals surface area contributed by atoms with E-state index >= 15 is 0 Å². The van der Waals surface area contributed by atoms with Gasteiger partial charge in [-0.1, -0.05) is 0 Å². The average molecular weight is 455 g/mol. The van der Waals surface area contributed by atoms with Crippen LogP contribution >= 0.6 is 11.3 Å². The Kier molecular flexibility index (Phi) is 6.35. The number of thiophene rings is 1. The van der Waals surface area contributed by atoms with Crippen LogP contribution in [0.15, 0.2) is 36.0 Å². The summed E-state index contributed by atoms with van der Waals surface area (Å²) < 4.78 is 31.7. The van der Waals surface area contributed by atoms with Gasteiger partial charge in [-0.3, -0.25) is 14.6 Å². The topological polar surface area (TPSA) is 99.6 Å². The van der Waals surface area contributed by atoms with E-state index in [1.165, 1.54) is 11.3 Å². The van der Waals surface area contributed by atoms with Gasteiger partial charge in [0, 0.05) is 30.6 Å². The summed E-state index contributed by atoms with van der Waals surface area (Å²) >= 11 is 1.50. The number of likely N-dealkylation sites (tertiary alicyclic amines) is 1. The Morgan fingerprint density at radius 2 is 2.03 bits per heavy atom. The fourth-order valence-corrected chi connectivity index (χ4v) is 4.53. The summed E-state index contributed by atoms with van der Waals surface area (Å²) in [6.45, 7) is 3.40. The lowest BCUT2D eigenvalue weighted by Gasteiger charge is -2.16. The molecule has 2 aromatic rings. The van der Waals surface area contributed by atoms with E-state index in [-0.39, 0.29) is 23.1 Å². The molecule has 2 aromatic heterocycles. The Morgan fingerprint density at radius 3 is 2.58 bits per heavy atom. The average Bonchev–Trinajstić information content (AvgIpc) is 3.01. The van der Waals surface area contributed by atoms with Crippen molar-refractivity contribution in [1.29, 1.82) is 0 Å². The van der Waals surface area contributed by atoms with Crippen molar-refractivity contribution in [3.63, 3.8) is 0 Å². The van der Waals surface area contributed by atoms with Crippen LogP contribution in [0, 0.1) is 18.3 Å². The minimum atomic E-state index is -5.08. The van der Waals surface area contributed by atoms with Gasteiger partial charge in [-0.05, 0) is 48.9 Å². The van der Waals surface area contributed by atoms with Crippen molar-refractivity contribution in [2.75, 3.05) is 18.4 Å². The lowest BCUT2D eigenvalue weighted by atomic mass is 10.0. The largest absolute Gasteiger partial charge is 0.490 e. The highest BCUT2D eigenvalue weighted by molar-refractivity contribution is 7.12. The van der Waals surface area contributed by atoms with Crippen molar-refractivity contribution in [2.45, 2.75) is 25.9 Å². The minimum absolute atomic E-state index is 0.0000567. The third-order valence-corrected chi connectivity index (χ3v) is 6.41. The predicted octanol–water partition coefficient (Wildman–Crippen LogP) is 3.58. The molecule has 2 aliphatic rings. The van der Waals surface area contributed by atoms with Gasteiger partial charge in [0.05, 0.1) is 16.8 Å². The number of aryl methyl sites for hydroxylation is 1. The zero-order valence-electron chi connectivity index (χ0n) is 16.5. The number of aromatic nitrogens is 1. The first-order valence-corrected chi connectivity index (χ1v) is 10.3. The van der Waals surface area contributed by atoms with Gasteiger partial charge in [-0.25, -0.2) is 4.79 Å². The molecule has 11 heteroatoms. The second kappa shape index (κ2) is 8.66. The molecule has 2 amide bonds. The molecule has 2 unspecified atom stereocenters. The van der Waals surface area contributed by atoms with Crippen LogP contribution in [-0.4, -0.2) is 52.0 Å². The van der Waals surface area contributed by atoms with Gasteiger partial charge >= 0.3 is 12.1 Å². The number of alkyl halides is 3. The van der Waals surface area contributed by atoms with Crippen molar-refractivity contribution in [3.8, 4) is 0 Å². The molecule has 31 heavy (non-hydrogen) atoms. The smallest absolute Gasteiger partial charge is 0.475 e. The summed E-state index contributed by atoms with van der Waals surface area (Å²) in [6, 6.07) is 5.62. The van der Waals surface area contributed by atoms with E-state index in [0.717, 1.165) is 35.5 Å². The summed E-state index contributed by atoms with van der Waals surface area (Å²) in [5.41, 5.74) is 1.74. The number of nitrogens with zero attached hydrogens (tertiary/aromatic N) is 2. The quantitative estimate of drug-likeness (QED) is 0.737. The van der Waals surface area contributed by atoms with Crippen molar-refractivity contribution in [1.82, 2.24) is 9.88 Å². The van der Waals surface area contributed by atoms with Gasteiger partial charge in [-0.15, -0.1) is 11.3 Å². The van der Waals surface area contributed by atoms with Crippen LogP contribution in [-0.2, 0) is 9.59 Å². The molecule has 3 heterocycles. The molecule has 1 aliphatic carbocycles. The van der Waals surface area contributed by atoms with Crippen molar-refractivity contribution < 1.29 is 32.7 Å². The van der Waals surface area contributed by atoms with Crippen molar-refractivity contribution >= 4 is 34.8 Å². The number of nitrogens with one attached hydrogen (secondary N) is 1. The van der Waals surface area contributed by atoms with Gasteiger partial charge in [0.2, 0.25) is 5.91 Å². The Balaban J connectivity index is 0.000000339. The second-order valence-corrected chi connectivity index (χ2v) is 8.48. The van der Waals surface area contributed by atoms with Crippen LogP contribution in [0.5, 0.6) is 0 Å². The van der Waals surface area contributed by atoms with E-state index in [1.807, 2.05) is 29.3 Å². The van der Waals surface area contributed by atoms with E-state index in [2.05, 4.69) is 10.3 Å². The minimum Gasteiger partial charge on any atom is -0.475 e. The highest BCUT2D eigenvalue weighted by Gasteiger charge is 2.61. The number of carboxylic acids is 1. The number of hydrogen-bond acceptors (Lipinski definition) is 5. The maximum absolute atomic E-state index is 12.6. The summed E-state index contributed by atoms with van der Waals surface area (Å²) in [7, 11) is 0. The van der Waals surface area contributed by atoms with Crippen LogP contribution in [0.2, 0.25) is 0 Å². The molecule has 2 atom stereocenters. The molecule has 2 N–H and O–H groups in total. The molecule has 1 saturated carbocycles. The number of anilines is 1. The van der Waals surface area contributed by atoms with Crippen LogP contribution in [0.3, 0.4) is 0 Å². The Labute approximate surface area is 179 Å². The highest BCUT2D eigenvalue weighted by Crippen LogP contribution is 2.59. The molecule has 1 saturated heterocycles. The molecule has 0 aromatic carbocycles. The molecule has 1 spiro atoms. The summed E-state index contributed by atoms with van der Waals surface area (Å²) in [6.07, 6.45) is 0.0267. The molecular weight excluding hydrogens is 435 g/mol. The Morgan fingerprint density at radius 1 is 1.32 bits per heavy atom. The van der Waals surface area contributed by atoms with E-state index in [4.69, 9.17) is 9.90 Å². The molecule has 4 rings (SSSR count). The number of halogens is 3. The number of pyridine rings is 1. The third-order valence-electron chi connectivity index (χ3n) is 5.41. The maximum Gasteiger partial charge on any atom is 0.490 e. The van der Waals surface area contributed by atoms with Gasteiger partial charge in [0.25, 0.3) is 5.91 Å². The van der Waals surface area contributed by atoms with Crippen molar-refractivity contribution in [2.24, 2.45) is 11.3 Å². The van der Waals surface area contributed by atoms with Crippen LogP contribution in [0.1, 0.15) is 28.1 Å². The fourth-order valence-electron chi connectivity index (χ4n) is 3.64. The second-order valence-electron chi connectivity index (χ2n) is 7.56. The summed E-state index contributed by atoms with van der Waals surface area (Å²) in [5, 5.41) is 12.0. The normalized spacial score (nSPS) is 21.9. The number of amides is 2. The molecule has 7 nitrogen and oxygen atoms in total. The summed E-state index contributed by atoms with van der Waals surface area (Å²) in [5.74, 6) is -2.60. The number of rotatable bonds is 3. The van der Waals surface area contributed by atoms with Gasteiger partial charge in [0.1, 0.15) is 0 Å². The zero-order chi connectivity index (χ0) is 22.8. The zero-order valence-corrected chi connectivity index (χ0v) is 17.3. The Hall–Kier alpha value is -2.95. The fraction of sp³-hybridized carbons (Fsp3) is 0.400. The molecule has 166 valence electrons. The van der Waals surface area contributed by atoms with E-state index < -0.39 is 12.1 Å². The first-order valence-electron chi connectivity index (χ1n) is 9.38. The van der Waals surface area contributed by atoms with Crippen molar-refractivity contribution in [3.05, 3.63) is 46.4 Å². The lowest BCUT2D eigenvalue weighted by Crippen LogP contribution is -2.29. The number of carboxylic acid groups (broad SMARTS) is 1. The number of carbonyl (C=O) groups is 3. The maximum atomic E-state index is 12.6. The number of hydrogen-bond donors (Lipinski definition) is 2. The third kappa shape index (κ3) is 5.22. The van der Waals surface area contributed by atoms with Crippen LogP contribution in [0.4, 0.5) is 18.9 Å². The number of aliphatic carboxylic acids is 1. The molecule has 2 fully saturated rings. The molecule has 0 radical (unpaired) electrons. The summed E-state index contributed by atoms with van der Waals surface area (Å²) in [4.78, 5) is 40.7. The van der Waals surface area contributed by atoms with E-state index in [1.54, 1.807) is 18.5 Å². The van der Waals surface area contributed by atoms with Crippen LogP contribution < -0.4 is 5.32 Å².